The van der Waals surface area contributed by atoms with E-state index in [0.717, 1.165) is 0 Å². The highest BCUT2D eigenvalue weighted by atomic mass is 16.2. The molecule has 0 aliphatic heterocycles. The van der Waals surface area contributed by atoms with Crippen LogP contribution in [-0.2, 0) is 14.4 Å². The molecular weight excluding hydrogens is 222 g/mol. The van der Waals surface area contributed by atoms with Crippen molar-refractivity contribution in [3.8, 4) is 0 Å². The fraction of sp³-hybridized carbons (Fsp3) is 0.636. The predicted molar refractivity (Wildman–Crippen MR) is 63.5 cm³/mol. The van der Waals surface area contributed by atoms with Crippen molar-refractivity contribution in [3.63, 3.8) is 0 Å². The van der Waals surface area contributed by atoms with Crippen LogP contribution >= 0.6 is 0 Å². The van der Waals surface area contributed by atoms with Gasteiger partial charge in [0.05, 0.1) is 0 Å². The van der Waals surface area contributed by atoms with Crippen LogP contribution in [0.3, 0.4) is 0 Å². The second-order valence-electron chi connectivity index (χ2n) is 3.80. The first kappa shape index (κ1) is 15.4. The number of nitrogens with one attached hydrogen (secondary N) is 2. The standard InChI is InChI=1S/C11H20N3O3/c1-4-14-10(16)6-8(5-9(15)13-3)7(2)11(12)17/h7-8H,2,4-6H2,1,3H3,(H2,12,17)(H,13,15)(H,14,16). The lowest BCUT2D eigenvalue weighted by Gasteiger charge is -2.20. The van der Waals surface area contributed by atoms with E-state index >= 15 is 0 Å². The molecule has 0 fully saturated rings. The highest BCUT2D eigenvalue weighted by Gasteiger charge is 2.26. The summed E-state index contributed by atoms with van der Waals surface area (Å²) in [6, 6.07) is 0. The van der Waals surface area contributed by atoms with E-state index in [1.807, 2.05) is 0 Å². The number of amides is 3. The monoisotopic (exact) mass is 242 g/mol. The number of hydrogen-bond acceptors (Lipinski definition) is 3. The number of carbonyl (C=O) groups excluding carboxylic acids is 3. The second-order valence-corrected chi connectivity index (χ2v) is 3.80. The van der Waals surface area contributed by atoms with E-state index in [1.54, 1.807) is 6.92 Å². The van der Waals surface area contributed by atoms with E-state index in [9.17, 15) is 14.4 Å². The molecule has 0 aromatic rings. The maximum absolute atomic E-state index is 11.4. The van der Waals surface area contributed by atoms with Crippen molar-refractivity contribution in [3.05, 3.63) is 6.92 Å². The lowest BCUT2D eigenvalue weighted by molar-refractivity contribution is -0.126. The molecule has 2 atom stereocenters. The summed E-state index contributed by atoms with van der Waals surface area (Å²) in [4.78, 5) is 33.7. The van der Waals surface area contributed by atoms with Crippen molar-refractivity contribution in [2.24, 2.45) is 17.6 Å². The molecule has 0 aliphatic carbocycles. The predicted octanol–water partition coefficient (Wildman–Crippen LogP) is -0.800. The average Bonchev–Trinajstić information content (AvgIpc) is 2.27. The Hall–Kier alpha value is -1.59. The molecule has 4 N–H and O–H groups in total. The lowest BCUT2D eigenvalue weighted by Crippen LogP contribution is -2.35. The normalized spacial score (nSPS) is 13.6. The summed E-state index contributed by atoms with van der Waals surface area (Å²) in [5.41, 5.74) is 5.14. The van der Waals surface area contributed by atoms with E-state index in [1.165, 1.54) is 7.05 Å². The van der Waals surface area contributed by atoms with Crippen LogP contribution < -0.4 is 16.4 Å². The third-order valence-corrected chi connectivity index (χ3v) is 2.48. The first-order valence-electron chi connectivity index (χ1n) is 5.52. The minimum atomic E-state index is -0.755. The van der Waals surface area contributed by atoms with Gasteiger partial charge in [-0.1, -0.05) is 0 Å². The van der Waals surface area contributed by atoms with Gasteiger partial charge in [0.25, 0.3) is 0 Å². The van der Waals surface area contributed by atoms with Gasteiger partial charge in [-0.25, -0.2) is 0 Å². The molecule has 0 rings (SSSR count). The quantitative estimate of drug-likeness (QED) is 0.544. The summed E-state index contributed by atoms with van der Waals surface area (Å²) < 4.78 is 0. The summed E-state index contributed by atoms with van der Waals surface area (Å²) in [7, 11) is 1.49. The van der Waals surface area contributed by atoms with Crippen LogP contribution in [0.15, 0.2) is 0 Å². The van der Waals surface area contributed by atoms with Gasteiger partial charge in [0, 0.05) is 32.4 Å². The fourth-order valence-corrected chi connectivity index (χ4v) is 1.44. The molecule has 0 aromatic heterocycles. The molecule has 97 valence electrons. The van der Waals surface area contributed by atoms with Gasteiger partial charge in [0.1, 0.15) is 0 Å². The zero-order valence-corrected chi connectivity index (χ0v) is 10.3. The highest BCUT2D eigenvalue weighted by molar-refractivity contribution is 5.83. The summed E-state index contributed by atoms with van der Waals surface area (Å²) in [6.45, 7) is 5.90. The molecule has 0 heterocycles. The van der Waals surface area contributed by atoms with Crippen LogP contribution in [0, 0.1) is 18.8 Å². The highest BCUT2D eigenvalue weighted by Crippen LogP contribution is 2.19. The molecule has 6 nitrogen and oxygen atoms in total. The summed E-state index contributed by atoms with van der Waals surface area (Å²) >= 11 is 0. The van der Waals surface area contributed by atoms with E-state index < -0.39 is 17.7 Å². The number of primary amides is 1. The van der Waals surface area contributed by atoms with Crippen molar-refractivity contribution in [1.82, 2.24) is 10.6 Å². The van der Waals surface area contributed by atoms with E-state index in [-0.39, 0.29) is 24.7 Å². The molecule has 17 heavy (non-hydrogen) atoms. The van der Waals surface area contributed by atoms with Crippen LogP contribution in [0.1, 0.15) is 19.8 Å². The molecule has 6 heteroatoms. The van der Waals surface area contributed by atoms with E-state index in [2.05, 4.69) is 17.6 Å². The third-order valence-electron chi connectivity index (χ3n) is 2.48. The molecule has 2 unspecified atom stereocenters. The minimum Gasteiger partial charge on any atom is -0.369 e. The van der Waals surface area contributed by atoms with Gasteiger partial charge < -0.3 is 16.4 Å². The molecule has 0 aromatic carbocycles. The third kappa shape index (κ3) is 5.89. The molecule has 1 radical (unpaired) electrons. The maximum Gasteiger partial charge on any atom is 0.220 e. The molecule has 0 bridgehead atoms. The Kier molecular flexibility index (Phi) is 6.93. The first-order chi connectivity index (χ1) is 7.92. The smallest absolute Gasteiger partial charge is 0.220 e. The minimum absolute atomic E-state index is 0.0603. The Bertz CT molecular complexity index is 292. The Labute approximate surface area is 101 Å². The van der Waals surface area contributed by atoms with Crippen LogP contribution in [0.2, 0.25) is 0 Å². The van der Waals surface area contributed by atoms with Gasteiger partial charge in [-0.2, -0.15) is 0 Å². The Balaban J connectivity index is 4.55. The van der Waals surface area contributed by atoms with E-state index in [0.29, 0.717) is 6.54 Å². The molecule has 0 saturated heterocycles. The second kappa shape index (κ2) is 7.65. The van der Waals surface area contributed by atoms with Crippen LogP contribution in [0.25, 0.3) is 0 Å². The molecule has 3 amide bonds. The maximum atomic E-state index is 11.4. The molecule has 0 aliphatic rings. The van der Waals surface area contributed by atoms with Gasteiger partial charge in [-0.3, -0.25) is 14.4 Å². The van der Waals surface area contributed by atoms with Crippen molar-refractivity contribution in [2.75, 3.05) is 13.6 Å². The van der Waals surface area contributed by atoms with Gasteiger partial charge >= 0.3 is 0 Å². The largest absolute Gasteiger partial charge is 0.369 e. The van der Waals surface area contributed by atoms with Crippen molar-refractivity contribution >= 4 is 17.7 Å². The van der Waals surface area contributed by atoms with Crippen molar-refractivity contribution in [1.29, 1.82) is 0 Å². The van der Waals surface area contributed by atoms with Crippen LogP contribution in [0.5, 0.6) is 0 Å². The first-order valence-corrected chi connectivity index (χ1v) is 5.52. The van der Waals surface area contributed by atoms with Crippen molar-refractivity contribution in [2.45, 2.75) is 19.8 Å². The van der Waals surface area contributed by atoms with Gasteiger partial charge in [0.15, 0.2) is 0 Å². The lowest BCUT2D eigenvalue weighted by atomic mass is 9.87. The average molecular weight is 242 g/mol. The Morgan fingerprint density at radius 3 is 2.18 bits per heavy atom. The molecular formula is C11H20N3O3. The van der Waals surface area contributed by atoms with E-state index in [4.69, 9.17) is 5.73 Å². The SMILES string of the molecule is [CH2]C(C(N)=O)C(CC(=O)NC)CC(=O)NCC. The van der Waals surface area contributed by atoms with Crippen molar-refractivity contribution < 1.29 is 14.4 Å². The number of nitrogens with two attached hydrogens (primary N) is 1. The summed E-state index contributed by atoms with van der Waals surface area (Å²) in [5.74, 6) is -2.29. The van der Waals surface area contributed by atoms with Gasteiger partial charge in [-0.15, -0.1) is 0 Å². The summed E-state index contributed by atoms with van der Waals surface area (Å²) in [6.07, 6.45) is 0.128. The fourth-order valence-electron chi connectivity index (χ4n) is 1.44. The van der Waals surface area contributed by atoms with Gasteiger partial charge in [-0.05, 0) is 19.8 Å². The zero-order chi connectivity index (χ0) is 13.4. The van der Waals surface area contributed by atoms with Crippen LogP contribution in [0.4, 0.5) is 0 Å². The molecule has 0 spiro atoms. The Morgan fingerprint density at radius 2 is 1.76 bits per heavy atom. The molecule has 0 saturated carbocycles. The topological polar surface area (TPSA) is 101 Å². The number of hydrogen-bond donors (Lipinski definition) is 3. The van der Waals surface area contributed by atoms with Gasteiger partial charge in [0.2, 0.25) is 17.7 Å². The Morgan fingerprint density at radius 1 is 1.24 bits per heavy atom. The number of rotatable bonds is 7. The number of carbonyl (C=O) groups is 3. The van der Waals surface area contributed by atoms with Crippen LogP contribution in [-0.4, -0.2) is 31.3 Å². The summed E-state index contributed by atoms with van der Waals surface area (Å²) in [5, 5.41) is 5.05. The zero-order valence-electron chi connectivity index (χ0n) is 10.3.